The molecule has 4 unspecified atom stereocenters. The Balaban J connectivity index is 1.14. The van der Waals surface area contributed by atoms with Crippen molar-refractivity contribution in [2.24, 2.45) is 0 Å². The maximum absolute atomic E-state index is 17.1. The van der Waals surface area contributed by atoms with Crippen LogP contribution in [-0.2, 0) is 0 Å². The van der Waals surface area contributed by atoms with Gasteiger partial charge in [0.25, 0.3) is 5.91 Å². The summed E-state index contributed by atoms with van der Waals surface area (Å²) in [5.74, 6) is 1.05. The molecule has 4 aliphatic heterocycles. The quantitative estimate of drug-likeness (QED) is 0.187. The number of nitrogens with one attached hydrogen (secondary N) is 1. The van der Waals surface area contributed by atoms with E-state index in [2.05, 4.69) is 26.1 Å². The number of halogens is 3. The molecule has 54 heavy (non-hydrogen) atoms. The molecule has 0 saturated carbocycles. The van der Waals surface area contributed by atoms with Crippen LogP contribution in [0.3, 0.4) is 0 Å². The molecule has 0 radical (unpaired) electrons. The van der Waals surface area contributed by atoms with Crippen LogP contribution in [0.1, 0.15) is 48.0 Å². The molecule has 2 bridgehead atoms. The van der Waals surface area contributed by atoms with Gasteiger partial charge in [-0.15, -0.1) is 6.42 Å². The second-order valence-corrected chi connectivity index (χ2v) is 14.8. The summed E-state index contributed by atoms with van der Waals surface area (Å²) in [6, 6.07) is 12.5. The van der Waals surface area contributed by atoms with Gasteiger partial charge in [0.2, 0.25) is 0 Å². The Morgan fingerprint density at radius 1 is 1.11 bits per heavy atom. The van der Waals surface area contributed by atoms with E-state index in [9.17, 15) is 18.7 Å². The maximum atomic E-state index is 17.1. The van der Waals surface area contributed by atoms with Crippen molar-refractivity contribution in [1.82, 2.24) is 24.8 Å². The molecule has 3 aromatic carbocycles. The van der Waals surface area contributed by atoms with Crippen molar-refractivity contribution in [3.63, 3.8) is 0 Å². The Hall–Kier alpha value is -5.61. The number of rotatable bonds is 7. The fraction of sp³-hybridized carbons (Fsp3) is 0.366. The first-order valence-electron chi connectivity index (χ1n) is 18.3. The van der Waals surface area contributed by atoms with Gasteiger partial charge < -0.3 is 25.0 Å². The third-order valence-corrected chi connectivity index (χ3v) is 11.8. The van der Waals surface area contributed by atoms with Crippen molar-refractivity contribution >= 4 is 39.1 Å². The minimum atomic E-state index is -0.961. The van der Waals surface area contributed by atoms with Gasteiger partial charge in [0.15, 0.2) is 5.82 Å². The van der Waals surface area contributed by atoms with Gasteiger partial charge in [-0.3, -0.25) is 14.7 Å². The van der Waals surface area contributed by atoms with E-state index >= 15 is 4.39 Å². The number of piperazine rings is 1. The number of alkyl halides is 1. The summed E-state index contributed by atoms with van der Waals surface area (Å²) >= 11 is 0. The zero-order valence-corrected chi connectivity index (χ0v) is 29.7. The number of fused-ring (bicyclic) bond motifs is 5. The summed E-state index contributed by atoms with van der Waals surface area (Å²) in [4.78, 5) is 34.1. The predicted molar refractivity (Wildman–Crippen MR) is 200 cm³/mol. The van der Waals surface area contributed by atoms with Crippen molar-refractivity contribution in [3.8, 4) is 35.4 Å². The molecule has 4 atom stereocenters. The number of phenols is 1. The van der Waals surface area contributed by atoms with Gasteiger partial charge in [-0.1, -0.05) is 24.1 Å². The highest BCUT2D eigenvalue weighted by atomic mass is 19.1. The number of benzene rings is 3. The van der Waals surface area contributed by atoms with Crippen LogP contribution in [-0.4, -0.2) is 99.4 Å². The van der Waals surface area contributed by atoms with E-state index in [1.807, 2.05) is 34.1 Å². The van der Waals surface area contributed by atoms with Gasteiger partial charge in [-0.25, -0.2) is 13.2 Å². The van der Waals surface area contributed by atoms with Crippen LogP contribution in [0.15, 0.2) is 54.7 Å². The SMILES string of the molecule is C#Cc1c(F)ccc2cc(O)cc(-c3ncc4c(N5CC6CCC(C5)N6C(=O)c5ccccc5NC)nc(OCC56CCCN5CC(F)C6)nc4c3F)c12. The second-order valence-electron chi connectivity index (χ2n) is 14.8. The predicted octanol–water partition coefficient (Wildman–Crippen LogP) is 6.30. The number of aromatic nitrogens is 3. The topological polar surface area (TPSA) is 107 Å². The van der Waals surface area contributed by atoms with Gasteiger partial charge in [0.1, 0.15) is 41.4 Å². The van der Waals surface area contributed by atoms with Crippen molar-refractivity contribution in [3.05, 3.63) is 77.5 Å². The number of pyridine rings is 1. The third-order valence-electron chi connectivity index (χ3n) is 11.8. The van der Waals surface area contributed by atoms with Crippen LogP contribution in [0.4, 0.5) is 24.7 Å². The molecule has 0 spiro atoms. The van der Waals surface area contributed by atoms with E-state index in [4.69, 9.17) is 16.1 Å². The lowest BCUT2D eigenvalue weighted by atomic mass is 9.95. The lowest BCUT2D eigenvalue weighted by molar-refractivity contribution is 0.0642. The molecule has 2 N–H and O–H groups in total. The molecule has 0 aliphatic carbocycles. The van der Waals surface area contributed by atoms with Crippen LogP contribution in [0.25, 0.3) is 32.9 Å². The highest BCUT2D eigenvalue weighted by Crippen LogP contribution is 2.43. The highest BCUT2D eigenvalue weighted by molar-refractivity contribution is 6.03. The molecular formula is C41H38F3N7O3. The zero-order valence-electron chi connectivity index (χ0n) is 29.7. The lowest BCUT2D eigenvalue weighted by Crippen LogP contribution is -2.56. The first-order valence-corrected chi connectivity index (χ1v) is 18.3. The molecule has 276 valence electrons. The minimum Gasteiger partial charge on any atom is -0.508 e. The first-order chi connectivity index (χ1) is 26.2. The molecule has 1 amide bonds. The monoisotopic (exact) mass is 733 g/mol. The Bertz CT molecular complexity index is 2370. The van der Waals surface area contributed by atoms with Gasteiger partial charge >= 0.3 is 6.01 Å². The van der Waals surface area contributed by atoms with Crippen molar-refractivity contribution in [2.75, 3.05) is 50.1 Å². The average molecular weight is 734 g/mol. The van der Waals surface area contributed by atoms with Gasteiger partial charge in [0, 0.05) is 55.9 Å². The van der Waals surface area contributed by atoms with Crippen LogP contribution in [0, 0.1) is 24.0 Å². The van der Waals surface area contributed by atoms with E-state index in [0.29, 0.717) is 48.2 Å². The second kappa shape index (κ2) is 13.1. The molecule has 6 heterocycles. The molecule has 5 aromatic rings. The van der Waals surface area contributed by atoms with E-state index in [-0.39, 0.29) is 64.1 Å². The summed E-state index contributed by atoms with van der Waals surface area (Å²) in [7, 11) is 1.79. The molecule has 4 fully saturated rings. The first kappa shape index (κ1) is 34.2. The lowest BCUT2D eigenvalue weighted by Gasteiger charge is -2.42. The number of aromatic hydroxyl groups is 1. The Labute approximate surface area is 310 Å². The van der Waals surface area contributed by atoms with Crippen molar-refractivity contribution in [2.45, 2.75) is 55.9 Å². The standard InChI is InChI=1S/C41H38F3N7O3/c1-3-28-32(43)12-9-23-15-27(52)16-30(34(23)28)36-35(44)37-31(18-46-36)38(48-40(47-37)54-22-41-13-6-14-50(41)19-24(42)17-41)49-20-25-10-11-26(21-49)51(25)39(53)29-7-4-5-8-33(29)45-2/h1,4-5,7-9,12,15-16,18,24-26,45,52H,6,10-11,13-14,17,19-22H2,2H3. The smallest absolute Gasteiger partial charge is 0.319 e. The number of ether oxygens (including phenoxy) is 1. The molecule has 9 rings (SSSR count). The third kappa shape index (κ3) is 5.45. The van der Waals surface area contributed by atoms with E-state index in [1.165, 1.54) is 30.5 Å². The van der Waals surface area contributed by atoms with Crippen LogP contribution >= 0.6 is 0 Å². The molecule has 4 aliphatic rings. The van der Waals surface area contributed by atoms with Crippen LogP contribution < -0.4 is 15.0 Å². The van der Waals surface area contributed by atoms with Crippen LogP contribution in [0.2, 0.25) is 0 Å². The summed E-state index contributed by atoms with van der Waals surface area (Å²) in [5.41, 5.74) is 0.610. The number of para-hydroxylation sites is 1. The minimum absolute atomic E-state index is 0.0507. The normalized spacial score (nSPS) is 23.6. The molecular weight excluding hydrogens is 695 g/mol. The number of phenolic OH excluding ortho intramolecular Hbond substituents is 1. The van der Waals surface area contributed by atoms with Gasteiger partial charge in [0.05, 0.1) is 34.1 Å². The summed E-state index contributed by atoms with van der Waals surface area (Å²) < 4.78 is 53.0. The maximum Gasteiger partial charge on any atom is 0.319 e. The van der Waals surface area contributed by atoms with Crippen molar-refractivity contribution < 1.29 is 27.8 Å². The number of terminal acetylenes is 1. The Morgan fingerprint density at radius 2 is 1.91 bits per heavy atom. The molecule has 13 heteroatoms. The zero-order chi connectivity index (χ0) is 37.3. The number of anilines is 2. The number of amides is 1. The summed E-state index contributed by atoms with van der Waals surface area (Å²) in [5, 5.41) is 14.7. The van der Waals surface area contributed by atoms with Gasteiger partial charge in [-0.2, -0.15) is 9.97 Å². The van der Waals surface area contributed by atoms with Crippen molar-refractivity contribution in [1.29, 1.82) is 0 Å². The summed E-state index contributed by atoms with van der Waals surface area (Å²) in [6.45, 7) is 2.13. The largest absolute Gasteiger partial charge is 0.508 e. The molecule has 10 nitrogen and oxygen atoms in total. The summed E-state index contributed by atoms with van der Waals surface area (Å²) in [6.07, 6.45) is 9.85. The highest BCUT2D eigenvalue weighted by Gasteiger charge is 2.50. The fourth-order valence-corrected chi connectivity index (χ4v) is 9.35. The molecule has 2 aromatic heterocycles. The number of carbonyl (C=O) groups excluding carboxylic acids is 1. The number of carbonyl (C=O) groups is 1. The average Bonchev–Trinajstić information content (AvgIpc) is 3.79. The Kier molecular flexibility index (Phi) is 8.26. The molecule has 4 saturated heterocycles. The van der Waals surface area contributed by atoms with Crippen LogP contribution in [0.5, 0.6) is 11.8 Å². The number of hydrogen-bond acceptors (Lipinski definition) is 9. The van der Waals surface area contributed by atoms with E-state index in [0.717, 1.165) is 37.9 Å². The van der Waals surface area contributed by atoms with Gasteiger partial charge in [-0.05, 0) is 67.9 Å². The van der Waals surface area contributed by atoms with E-state index in [1.54, 1.807) is 7.05 Å². The van der Waals surface area contributed by atoms with E-state index < -0.39 is 23.3 Å². The fourth-order valence-electron chi connectivity index (χ4n) is 9.35. The number of hydrogen-bond donors (Lipinski definition) is 2. The Morgan fingerprint density at radius 3 is 2.69 bits per heavy atom. The number of nitrogens with zero attached hydrogens (tertiary/aromatic N) is 6.